The molecule has 0 aliphatic heterocycles. The minimum Gasteiger partial charge on any atom is -0.339 e. The Morgan fingerprint density at radius 1 is 0.710 bits per heavy atom. The Morgan fingerprint density at radius 3 is 2.29 bits per heavy atom. The topological polar surface area (TPSA) is 29.3 Å². The van der Waals surface area contributed by atoms with Gasteiger partial charge in [0.05, 0.1) is 22.4 Å². The number of nitrogens with zero attached hydrogens (tertiary/aromatic N) is 2. The van der Waals surface area contributed by atoms with Crippen LogP contribution >= 0.6 is 11.6 Å². The zero-order valence-corrected chi connectivity index (χ0v) is 17.3. The SMILES string of the molecule is Clc1ccccc1Nc1cnc2c3ccccc3c3c(-c4ccccc4)cccc3n12. The molecule has 2 heterocycles. The van der Waals surface area contributed by atoms with Crippen molar-refractivity contribution in [3.05, 3.63) is 108 Å². The average molecular weight is 420 g/mol. The summed E-state index contributed by atoms with van der Waals surface area (Å²) in [4.78, 5) is 4.78. The second-order valence-electron chi connectivity index (χ2n) is 7.52. The lowest BCUT2D eigenvalue weighted by Gasteiger charge is -2.15. The Bertz CT molecular complexity index is 1570. The number of aromatic nitrogens is 2. The van der Waals surface area contributed by atoms with Crippen molar-refractivity contribution in [1.29, 1.82) is 0 Å². The summed E-state index contributed by atoms with van der Waals surface area (Å²) in [6.45, 7) is 0. The van der Waals surface area contributed by atoms with Crippen molar-refractivity contribution in [3.8, 4) is 11.1 Å². The maximum atomic E-state index is 6.42. The predicted octanol–water partition coefficient (Wildman–Crippen LogP) is 7.70. The van der Waals surface area contributed by atoms with Crippen LogP contribution in [-0.4, -0.2) is 9.38 Å². The molecule has 0 saturated heterocycles. The second kappa shape index (κ2) is 7.15. The van der Waals surface area contributed by atoms with E-state index in [1.54, 1.807) is 0 Å². The molecule has 4 heteroatoms. The fourth-order valence-electron chi connectivity index (χ4n) is 4.34. The minimum atomic E-state index is 0.674. The van der Waals surface area contributed by atoms with Crippen LogP contribution in [0.1, 0.15) is 0 Å². The standard InChI is InChI=1S/C27H18ClN3/c28-22-14-6-7-15-23(22)30-25-17-29-27-21-12-5-4-11-20(21)26-19(18-9-2-1-3-10-18)13-8-16-24(26)31(25)27/h1-17,30H. The molecule has 1 N–H and O–H groups in total. The van der Waals surface area contributed by atoms with Crippen molar-refractivity contribution in [2.75, 3.05) is 5.32 Å². The van der Waals surface area contributed by atoms with Crippen LogP contribution in [-0.2, 0) is 0 Å². The lowest BCUT2D eigenvalue weighted by Crippen LogP contribution is -1.99. The molecular formula is C27H18ClN3. The van der Waals surface area contributed by atoms with E-state index in [0.29, 0.717) is 5.02 Å². The molecule has 31 heavy (non-hydrogen) atoms. The van der Waals surface area contributed by atoms with E-state index in [-0.39, 0.29) is 0 Å². The Hall–Kier alpha value is -3.82. The number of hydrogen-bond donors (Lipinski definition) is 1. The maximum absolute atomic E-state index is 6.42. The Labute approximate surface area is 184 Å². The summed E-state index contributed by atoms with van der Waals surface area (Å²) in [6, 6.07) is 33.2. The quantitative estimate of drug-likeness (QED) is 0.298. The number of imidazole rings is 1. The van der Waals surface area contributed by atoms with E-state index in [1.807, 2.05) is 36.5 Å². The third-order valence-electron chi connectivity index (χ3n) is 5.70. The molecule has 0 aliphatic carbocycles. The lowest BCUT2D eigenvalue weighted by atomic mass is 9.96. The zero-order valence-electron chi connectivity index (χ0n) is 16.6. The molecule has 148 valence electrons. The first-order chi connectivity index (χ1) is 15.3. The van der Waals surface area contributed by atoms with Gasteiger partial charge in [0.2, 0.25) is 0 Å². The summed E-state index contributed by atoms with van der Waals surface area (Å²) in [5, 5.41) is 7.67. The normalized spacial score (nSPS) is 11.4. The number of halogens is 1. The molecule has 2 aromatic heterocycles. The van der Waals surface area contributed by atoms with Crippen LogP contribution in [0.5, 0.6) is 0 Å². The average Bonchev–Trinajstić information content (AvgIpc) is 3.25. The van der Waals surface area contributed by atoms with Gasteiger partial charge in [-0.05, 0) is 34.7 Å². The highest BCUT2D eigenvalue weighted by atomic mass is 35.5. The number of hydrogen-bond acceptors (Lipinski definition) is 2. The molecule has 0 fully saturated rings. The van der Waals surface area contributed by atoms with E-state index in [4.69, 9.17) is 16.6 Å². The van der Waals surface area contributed by atoms with Gasteiger partial charge in [0.1, 0.15) is 11.5 Å². The van der Waals surface area contributed by atoms with Gasteiger partial charge >= 0.3 is 0 Å². The molecule has 0 unspecified atom stereocenters. The summed E-state index contributed by atoms with van der Waals surface area (Å²) in [6.07, 6.45) is 1.87. The zero-order chi connectivity index (χ0) is 20.8. The van der Waals surface area contributed by atoms with Crippen molar-refractivity contribution < 1.29 is 0 Å². The van der Waals surface area contributed by atoms with Crippen LogP contribution < -0.4 is 5.32 Å². The molecular weight excluding hydrogens is 402 g/mol. The fourth-order valence-corrected chi connectivity index (χ4v) is 4.52. The number of fused-ring (bicyclic) bond motifs is 6. The molecule has 0 atom stereocenters. The molecule has 4 aromatic carbocycles. The lowest BCUT2D eigenvalue weighted by molar-refractivity contribution is 1.26. The van der Waals surface area contributed by atoms with Crippen LogP contribution in [0.15, 0.2) is 103 Å². The van der Waals surface area contributed by atoms with E-state index < -0.39 is 0 Å². The van der Waals surface area contributed by atoms with E-state index in [0.717, 1.165) is 28.1 Å². The summed E-state index contributed by atoms with van der Waals surface area (Å²) in [7, 11) is 0. The van der Waals surface area contributed by atoms with Crippen molar-refractivity contribution in [1.82, 2.24) is 9.38 Å². The van der Waals surface area contributed by atoms with Crippen LogP contribution in [0, 0.1) is 0 Å². The Kier molecular flexibility index (Phi) is 4.15. The van der Waals surface area contributed by atoms with Gasteiger partial charge < -0.3 is 5.32 Å². The molecule has 6 aromatic rings. The third kappa shape index (κ3) is 2.86. The number of anilines is 2. The van der Waals surface area contributed by atoms with Gasteiger partial charge in [-0.1, -0.05) is 90.5 Å². The Balaban J connectivity index is 1.73. The smallest absolute Gasteiger partial charge is 0.146 e. The molecule has 0 saturated carbocycles. The molecule has 0 radical (unpaired) electrons. The van der Waals surface area contributed by atoms with Crippen LogP contribution in [0.25, 0.3) is 38.4 Å². The van der Waals surface area contributed by atoms with E-state index in [1.165, 1.54) is 21.9 Å². The fraction of sp³-hybridized carbons (Fsp3) is 0. The van der Waals surface area contributed by atoms with Crippen LogP contribution in [0.3, 0.4) is 0 Å². The highest BCUT2D eigenvalue weighted by Crippen LogP contribution is 2.38. The number of pyridine rings is 1. The molecule has 6 rings (SSSR count). The number of benzene rings is 4. The number of nitrogens with one attached hydrogen (secondary N) is 1. The van der Waals surface area contributed by atoms with Crippen molar-refractivity contribution in [2.24, 2.45) is 0 Å². The first kappa shape index (κ1) is 18.0. The van der Waals surface area contributed by atoms with Crippen molar-refractivity contribution in [3.63, 3.8) is 0 Å². The van der Waals surface area contributed by atoms with Gasteiger partial charge in [0, 0.05) is 10.8 Å². The molecule has 0 aliphatic rings. The summed E-state index contributed by atoms with van der Waals surface area (Å²) >= 11 is 6.42. The summed E-state index contributed by atoms with van der Waals surface area (Å²) in [5.41, 5.74) is 5.27. The molecule has 0 bridgehead atoms. The molecule has 0 amide bonds. The van der Waals surface area contributed by atoms with Crippen LogP contribution in [0.2, 0.25) is 5.02 Å². The van der Waals surface area contributed by atoms with Gasteiger partial charge in [-0.25, -0.2) is 4.98 Å². The summed E-state index contributed by atoms with van der Waals surface area (Å²) in [5.74, 6) is 0.879. The van der Waals surface area contributed by atoms with Gasteiger partial charge in [-0.3, -0.25) is 4.40 Å². The van der Waals surface area contributed by atoms with Crippen molar-refractivity contribution >= 4 is 50.4 Å². The first-order valence-corrected chi connectivity index (χ1v) is 10.6. The van der Waals surface area contributed by atoms with Crippen molar-refractivity contribution in [2.45, 2.75) is 0 Å². The largest absolute Gasteiger partial charge is 0.339 e. The highest BCUT2D eigenvalue weighted by Gasteiger charge is 2.16. The minimum absolute atomic E-state index is 0.674. The van der Waals surface area contributed by atoms with Gasteiger partial charge in [-0.15, -0.1) is 0 Å². The van der Waals surface area contributed by atoms with Crippen LogP contribution in [0.4, 0.5) is 11.5 Å². The van der Waals surface area contributed by atoms with Gasteiger partial charge in [0.15, 0.2) is 0 Å². The molecule has 3 nitrogen and oxygen atoms in total. The number of rotatable bonds is 3. The van der Waals surface area contributed by atoms with Gasteiger partial charge in [0.25, 0.3) is 0 Å². The maximum Gasteiger partial charge on any atom is 0.146 e. The van der Waals surface area contributed by atoms with Gasteiger partial charge in [-0.2, -0.15) is 0 Å². The molecule has 0 spiro atoms. The highest BCUT2D eigenvalue weighted by molar-refractivity contribution is 6.33. The predicted molar refractivity (Wildman–Crippen MR) is 130 cm³/mol. The second-order valence-corrected chi connectivity index (χ2v) is 7.93. The van der Waals surface area contributed by atoms with E-state index >= 15 is 0 Å². The van der Waals surface area contributed by atoms with E-state index in [2.05, 4.69) is 76.4 Å². The number of para-hydroxylation sites is 1. The monoisotopic (exact) mass is 419 g/mol. The first-order valence-electron chi connectivity index (χ1n) is 10.2. The third-order valence-corrected chi connectivity index (χ3v) is 6.03. The Morgan fingerprint density at radius 2 is 1.45 bits per heavy atom. The summed E-state index contributed by atoms with van der Waals surface area (Å²) < 4.78 is 2.19. The van der Waals surface area contributed by atoms with E-state index in [9.17, 15) is 0 Å².